The molecule has 1 rings (SSSR count). The number of carbonyl (C=O) groups is 1. The Morgan fingerprint density at radius 2 is 1.03 bits per heavy atom. The summed E-state index contributed by atoms with van der Waals surface area (Å²) < 4.78 is 30.7. The molecule has 5 atom stereocenters. The maximum absolute atomic E-state index is 13.0. The standard InChI is InChI=1S/C18H42O7Si4/c1-26(2,3)22-13-14(23-27(4,5)6)16(24-28(7,8)9)17(19)21-15(13)18(20)25-29(10,11)12/h13-17,19H,1-12H3/t13-,14-,15-,16+,17?/m0/s1. The van der Waals surface area contributed by atoms with Crippen molar-refractivity contribution in [1.29, 1.82) is 0 Å². The van der Waals surface area contributed by atoms with Crippen LogP contribution in [0.2, 0.25) is 78.6 Å². The largest absolute Gasteiger partial charge is 0.518 e. The van der Waals surface area contributed by atoms with Gasteiger partial charge in [-0.15, -0.1) is 0 Å². The number of hydrogen-bond acceptors (Lipinski definition) is 7. The van der Waals surface area contributed by atoms with Gasteiger partial charge in [-0.05, 0) is 78.6 Å². The van der Waals surface area contributed by atoms with Gasteiger partial charge in [-0.2, -0.15) is 0 Å². The van der Waals surface area contributed by atoms with Crippen molar-refractivity contribution in [3.8, 4) is 0 Å². The average molecular weight is 483 g/mol. The minimum absolute atomic E-state index is 0.498. The zero-order valence-corrected chi connectivity index (χ0v) is 24.3. The Bertz CT molecular complexity index is 561. The molecule has 0 saturated carbocycles. The summed E-state index contributed by atoms with van der Waals surface area (Å²) in [5.41, 5.74) is 0. The van der Waals surface area contributed by atoms with E-state index in [1.54, 1.807) is 0 Å². The van der Waals surface area contributed by atoms with Crippen LogP contribution in [0.25, 0.3) is 0 Å². The number of aliphatic hydroxyl groups is 1. The maximum Gasteiger partial charge on any atom is 0.324 e. The van der Waals surface area contributed by atoms with E-state index in [1.807, 2.05) is 39.3 Å². The molecule has 7 nitrogen and oxygen atoms in total. The van der Waals surface area contributed by atoms with E-state index in [2.05, 4.69) is 39.3 Å². The molecule has 0 aliphatic carbocycles. The van der Waals surface area contributed by atoms with E-state index in [9.17, 15) is 9.90 Å². The number of rotatable bonds is 8. The first kappa shape index (κ1) is 27.2. The SMILES string of the molecule is C[Si](C)(C)OC(=O)[C@H]1OC(O)[C@H](O[Si](C)(C)C)[C@@H](O[Si](C)(C)C)[C@@H]1O[Si](C)(C)C. The summed E-state index contributed by atoms with van der Waals surface area (Å²) in [4.78, 5) is 13.0. The van der Waals surface area contributed by atoms with Crippen LogP contribution < -0.4 is 0 Å². The molecule has 0 spiro atoms. The third-order valence-corrected chi connectivity index (χ3v) is 7.37. The summed E-state index contributed by atoms with van der Waals surface area (Å²) in [6.07, 6.45) is -4.36. The van der Waals surface area contributed by atoms with Gasteiger partial charge in [-0.1, -0.05) is 0 Å². The van der Waals surface area contributed by atoms with Crippen molar-refractivity contribution >= 4 is 39.2 Å². The van der Waals surface area contributed by atoms with Gasteiger partial charge in [0.2, 0.25) is 8.32 Å². The molecule has 0 aromatic heterocycles. The zero-order valence-electron chi connectivity index (χ0n) is 20.3. The van der Waals surface area contributed by atoms with Crippen LogP contribution in [0, 0.1) is 0 Å². The molecule has 0 aromatic carbocycles. The molecular weight excluding hydrogens is 441 g/mol. The third kappa shape index (κ3) is 9.87. The first-order chi connectivity index (χ1) is 12.7. The molecule has 0 aromatic rings. The van der Waals surface area contributed by atoms with E-state index in [-0.39, 0.29) is 0 Å². The lowest BCUT2D eigenvalue weighted by Crippen LogP contribution is -2.67. The van der Waals surface area contributed by atoms with Crippen molar-refractivity contribution < 1.29 is 32.3 Å². The van der Waals surface area contributed by atoms with Gasteiger partial charge in [0.25, 0.3) is 0 Å². The van der Waals surface area contributed by atoms with Crippen LogP contribution in [0.4, 0.5) is 0 Å². The molecule has 29 heavy (non-hydrogen) atoms. The Morgan fingerprint density at radius 1 is 0.655 bits per heavy atom. The fraction of sp³-hybridized carbons (Fsp3) is 0.944. The predicted molar refractivity (Wildman–Crippen MR) is 125 cm³/mol. The fourth-order valence-electron chi connectivity index (χ4n) is 2.99. The smallest absolute Gasteiger partial charge is 0.324 e. The maximum atomic E-state index is 13.0. The van der Waals surface area contributed by atoms with E-state index in [4.69, 9.17) is 22.4 Å². The molecule has 0 radical (unpaired) electrons. The second kappa shape index (κ2) is 9.33. The number of hydrogen-bond donors (Lipinski definition) is 1. The molecule has 172 valence electrons. The highest BCUT2D eigenvalue weighted by Crippen LogP contribution is 2.33. The van der Waals surface area contributed by atoms with Gasteiger partial charge in [-0.3, -0.25) is 4.79 Å². The normalized spacial score (nSPS) is 29.6. The molecule has 1 unspecified atom stereocenters. The molecule has 0 amide bonds. The molecule has 1 saturated heterocycles. The highest BCUT2D eigenvalue weighted by Gasteiger charge is 2.54. The van der Waals surface area contributed by atoms with Gasteiger partial charge >= 0.3 is 5.97 Å². The quantitative estimate of drug-likeness (QED) is 0.528. The second-order valence-electron chi connectivity index (χ2n) is 11.6. The van der Waals surface area contributed by atoms with Gasteiger partial charge in [0.05, 0.1) is 0 Å². The molecule has 0 bridgehead atoms. The Morgan fingerprint density at radius 3 is 1.41 bits per heavy atom. The Hall–Kier alpha value is 0.138. The number of ether oxygens (including phenoxy) is 1. The Kier molecular flexibility index (Phi) is 8.74. The summed E-state index contributed by atoms with van der Waals surface area (Å²) in [6, 6.07) is 0. The molecule has 1 aliphatic rings. The van der Waals surface area contributed by atoms with Gasteiger partial charge in [0, 0.05) is 0 Å². The Labute approximate surface area is 180 Å². The van der Waals surface area contributed by atoms with Crippen molar-refractivity contribution in [2.45, 2.75) is 109 Å². The number of carbonyl (C=O) groups excluding carboxylic acids is 1. The summed E-state index contributed by atoms with van der Waals surface area (Å²) >= 11 is 0. The lowest BCUT2D eigenvalue weighted by molar-refractivity contribution is -0.269. The Balaban J connectivity index is 3.39. The summed E-state index contributed by atoms with van der Waals surface area (Å²) in [6.45, 7) is 24.3. The van der Waals surface area contributed by atoms with Crippen LogP contribution in [0.5, 0.6) is 0 Å². The molecule has 1 aliphatic heterocycles. The van der Waals surface area contributed by atoms with Gasteiger partial charge < -0.3 is 27.5 Å². The van der Waals surface area contributed by atoms with Crippen LogP contribution in [-0.4, -0.2) is 75.1 Å². The molecule has 11 heteroatoms. The minimum Gasteiger partial charge on any atom is -0.518 e. The minimum atomic E-state index is -2.15. The second-order valence-corrected chi connectivity index (χ2v) is 29.4. The monoisotopic (exact) mass is 482 g/mol. The van der Waals surface area contributed by atoms with Gasteiger partial charge in [-0.25, -0.2) is 0 Å². The summed E-state index contributed by atoms with van der Waals surface area (Å²) in [5.74, 6) is -0.498. The van der Waals surface area contributed by atoms with Crippen molar-refractivity contribution in [2.75, 3.05) is 0 Å². The van der Waals surface area contributed by atoms with E-state index in [0.717, 1.165) is 0 Å². The first-order valence-electron chi connectivity index (χ1n) is 10.3. The first-order valence-corrected chi connectivity index (χ1v) is 23.9. The molecule has 1 fully saturated rings. The van der Waals surface area contributed by atoms with E-state index in [1.165, 1.54) is 0 Å². The van der Waals surface area contributed by atoms with E-state index in [0.29, 0.717) is 0 Å². The molecular formula is C18H42O7Si4. The summed E-state index contributed by atoms with van der Waals surface area (Å²) in [7, 11) is -8.33. The van der Waals surface area contributed by atoms with Crippen LogP contribution in [0.15, 0.2) is 0 Å². The van der Waals surface area contributed by atoms with Crippen LogP contribution >= 0.6 is 0 Å². The molecule has 1 heterocycles. The lowest BCUT2D eigenvalue weighted by atomic mass is 9.99. The van der Waals surface area contributed by atoms with Crippen LogP contribution in [-0.2, 0) is 27.2 Å². The lowest BCUT2D eigenvalue weighted by Gasteiger charge is -2.49. The van der Waals surface area contributed by atoms with Crippen molar-refractivity contribution in [2.24, 2.45) is 0 Å². The van der Waals surface area contributed by atoms with Crippen LogP contribution in [0.3, 0.4) is 0 Å². The molecule has 1 N–H and O–H groups in total. The topological polar surface area (TPSA) is 83.5 Å². The van der Waals surface area contributed by atoms with Crippen molar-refractivity contribution in [1.82, 2.24) is 0 Å². The van der Waals surface area contributed by atoms with Crippen LogP contribution in [0.1, 0.15) is 0 Å². The van der Waals surface area contributed by atoms with Crippen molar-refractivity contribution in [3.05, 3.63) is 0 Å². The predicted octanol–water partition coefficient (Wildman–Crippen LogP) is 3.74. The highest BCUT2D eigenvalue weighted by molar-refractivity contribution is 6.71. The highest BCUT2D eigenvalue weighted by atomic mass is 28.4. The van der Waals surface area contributed by atoms with Gasteiger partial charge in [0.1, 0.15) is 18.3 Å². The summed E-state index contributed by atoms with van der Waals surface area (Å²) in [5, 5.41) is 10.8. The third-order valence-electron chi connectivity index (χ3n) is 3.62. The zero-order chi connectivity index (χ0) is 23.0. The van der Waals surface area contributed by atoms with E-state index >= 15 is 0 Å². The van der Waals surface area contributed by atoms with E-state index < -0.39 is 69.9 Å². The van der Waals surface area contributed by atoms with Crippen molar-refractivity contribution in [3.63, 3.8) is 0 Å². The fourth-order valence-corrected chi connectivity index (χ4v) is 6.93. The van der Waals surface area contributed by atoms with Gasteiger partial charge in [0.15, 0.2) is 37.3 Å². The number of aliphatic hydroxyl groups excluding tert-OH is 1. The average Bonchev–Trinajstić information content (AvgIpc) is 2.39.